The highest BCUT2D eigenvalue weighted by Gasteiger charge is 2.12. The van der Waals surface area contributed by atoms with Crippen molar-refractivity contribution < 1.29 is 12.8 Å². The van der Waals surface area contributed by atoms with Crippen LogP contribution in [0.4, 0.5) is 4.39 Å². The smallest absolute Gasteiger partial charge is 0.240 e. The topological polar surface area (TPSA) is 74.8 Å². The number of imidazole rings is 1. The van der Waals surface area contributed by atoms with Gasteiger partial charge in [0.05, 0.1) is 11.2 Å². The fraction of sp³-hybridized carbons (Fsp3) is 0.308. The maximum Gasteiger partial charge on any atom is 0.240 e. The van der Waals surface area contributed by atoms with Crippen LogP contribution in [0.25, 0.3) is 0 Å². The zero-order chi connectivity index (χ0) is 14.4. The number of unbranched alkanes of at least 4 members (excludes halogenated alkanes) is 1. The molecule has 1 aromatic carbocycles. The van der Waals surface area contributed by atoms with Crippen molar-refractivity contribution >= 4 is 10.0 Å². The van der Waals surface area contributed by atoms with E-state index in [0.29, 0.717) is 6.54 Å². The molecule has 0 fully saturated rings. The lowest BCUT2D eigenvalue weighted by Crippen LogP contribution is -2.24. The van der Waals surface area contributed by atoms with Gasteiger partial charge >= 0.3 is 0 Å². The van der Waals surface area contributed by atoms with Gasteiger partial charge in [-0.3, -0.25) is 0 Å². The first kappa shape index (κ1) is 14.7. The second-order valence-corrected chi connectivity index (χ2v) is 6.15. The summed E-state index contributed by atoms with van der Waals surface area (Å²) in [6.07, 6.45) is 5.78. The molecule has 20 heavy (non-hydrogen) atoms. The normalized spacial score (nSPS) is 11.7. The Bertz CT molecular complexity index is 624. The van der Waals surface area contributed by atoms with E-state index in [9.17, 15) is 12.8 Å². The highest BCUT2D eigenvalue weighted by Crippen LogP contribution is 2.09. The fourth-order valence-electron chi connectivity index (χ4n) is 1.77. The Morgan fingerprint density at radius 3 is 2.60 bits per heavy atom. The van der Waals surface area contributed by atoms with Gasteiger partial charge in [0.2, 0.25) is 10.0 Å². The molecule has 0 aliphatic carbocycles. The van der Waals surface area contributed by atoms with Crippen LogP contribution in [0.1, 0.15) is 18.5 Å². The van der Waals surface area contributed by atoms with Gasteiger partial charge in [0, 0.05) is 18.4 Å². The summed E-state index contributed by atoms with van der Waals surface area (Å²) < 4.78 is 39.0. The van der Waals surface area contributed by atoms with Gasteiger partial charge in [0.25, 0.3) is 0 Å². The van der Waals surface area contributed by atoms with Gasteiger partial charge < -0.3 is 4.98 Å². The third kappa shape index (κ3) is 4.14. The van der Waals surface area contributed by atoms with Crippen LogP contribution in [0.2, 0.25) is 0 Å². The van der Waals surface area contributed by atoms with Gasteiger partial charge in [0.1, 0.15) is 5.82 Å². The summed E-state index contributed by atoms with van der Waals surface area (Å²) in [6, 6.07) is 4.77. The van der Waals surface area contributed by atoms with E-state index in [1.165, 1.54) is 12.1 Å². The molecule has 0 saturated carbocycles. The van der Waals surface area contributed by atoms with Crippen molar-refractivity contribution in [2.45, 2.75) is 24.2 Å². The molecule has 0 amide bonds. The average molecular weight is 297 g/mol. The summed E-state index contributed by atoms with van der Waals surface area (Å²) in [7, 11) is -3.55. The van der Waals surface area contributed by atoms with Gasteiger partial charge in [-0.05, 0) is 43.5 Å². The second kappa shape index (κ2) is 6.62. The van der Waals surface area contributed by atoms with Gasteiger partial charge in [-0.2, -0.15) is 0 Å². The zero-order valence-corrected chi connectivity index (χ0v) is 11.7. The molecule has 0 bridgehead atoms. The van der Waals surface area contributed by atoms with Crippen LogP contribution in [-0.2, 0) is 16.4 Å². The van der Waals surface area contributed by atoms with Crippen molar-refractivity contribution in [2.24, 2.45) is 0 Å². The van der Waals surface area contributed by atoms with E-state index in [4.69, 9.17) is 0 Å². The number of sulfonamides is 1. The Morgan fingerprint density at radius 2 is 1.95 bits per heavy atom. The van der Waals surface area contributed by atoms with E-state index in [-0.39, 0.29) is 4.90 Å². The van der Waals surface area contributed by atoms with Crippen molar-refractivity contribution in [3.05, 3.63) is 48.3 Å². The van der Waals surface area contributed by atoms with Crippen molar-refractivity contribution in [3.8, 4) is 0 Å². The lowest BCUT2D eigenvalue weighted by molar-refractivity contribution is 0.575. The molecule has 0 aliphatic heterocycles. The number of hydrogen-bond acceptors (Lipinski definition) is 3. The van der Waals surface area contributed by atoms with E-state index in [1.807, 2.05) is 0 Å². The lowest BCUT2D eigenvalue weighted by atomic mass is 10.2. The average Bonchev–Trinajstić information content (AvgIpc) is 2.92. The van der Waals surface area contributed by atoms with Crippen LogP contribution in [0, 0.1) is 5.82 Å². The number of rotatable bonds is 7. The monoisotopic (exact) mass is 297 g/mol. The molecule has 0 saturated heterocycles. The van der Waals surface area contributed by atoms with Crippen LogP contribution in [0.15, 0.2) is 41.7 Å². The molecule has 0 spiro atoms. The molecule has 5 nitrogen and oxygen atoms in total. The van der Waals surface area contributed by atoms with E-state index in [0.717, 1.165) is 37.1 Å². The Balaban J connectivity index is 1.76. The molecule has 108 valence electrons. The summed E-state index contributed by atoms with van der Waals surface area (Å²) in [5.74, 6) is -0.455. The van der Waals surface area contributed by atoms with Crippen molar-refractivity contribution in [1.82, 2.24) is 14.7 Å². The van der Waals surface area contributed by atoms with Crippen LogP contribution in [-0.4, -0.2) is 24.9 Å². The maximum atomic E-state index is 12.7. The molecule has 0 radical (unpaired) electrons. The van der Waals surface area contributed by atoms with Crippen molar-refractivity contribution in [3.63, 3.8) is 0 Å². The Kier molecular flexibility index (Phi) is 4.86. The summed E-state index contributed by atoms with van der Waals surface area (Å²) in [5.41, 5.74) is 1.03. The standard InChI is InChI=1S/C13H16FN3O2S/c14-11-4-6-13(7-5-11)20(18,19)17-8-2-1-3-12-9-15-10-16-12/h4-7,9-10,17H,1-3,8H2,(H,15,16). The Morgan fingerprint density at radius 1 is 1.20 bits per heavy atom. The number of H-pyrrole nitrogens is 1. The molecule has 0 atom stereocenters. The summed E-state index contributed by atoms with van der Waals surface area (Å²) >= 11 is 0. The van der Waals surface area contributed by atoms with Crippen LogP contribution in [0.5, 0.6) is 0 Å². The number of halogens is 1. The summed E-state index contributed by atoms with van der Waals surface area (Å²) in [6.45, 7) is 0.355. The largest absolute Gasteiger partial charge is 0.348 e. The predicted molar refractivity (Wildman–Crippen MR) is 73.1 cm³/mol. The molecule has 2 rings (SSSR count). The molecule has 0 aliphatic rings. The molecular weight excluding hydrogens is 281 g/mol. The molecule has 7 heteroatoms. The zero-order valence-electron chi connectivity index (χ0n) is 10.8. The van der Waals surface area contributed by atoms with E-state index >= 15 is 0 Å². The van der Waals surface area contributed by atoms with E-state index < -0.39 is 15.8 Å². The Labute approximate surface area is 117 Å². The summed E-state index contributed by atoms with van der Waals surface area (Å²) in [5, 5.41) is 0. The van der Waals surface area contributed by atoms with Crippen molar-refractivity contribution in [1.29, 1.82) is 0 Å². The maximum absolute atomic E-state index is 12.7. The number of aromatic amines is 1. The molecule has 1 heterocycles. The number of hydrogen-bond donors (Lipinski definition) is 2. The molecular formula is C13H16FN3O2S. The molecule has 1 aromatic heterocycles. The molecule has 0 unspecified atom stereocenters. The van der Waals surface area contributed by atoms with Gasteiger partial charge in [-0.15, -0.1) is 0 Å². The number of nitrogens with one attached hydrogen (secondary N) is 2. The minimum absolute atomic E-state index is 0.0764. The number of nitrogens with zero attached hydrogens (tertiary/aromatic N) is 1. The van der Waals surface area contributed by atoms with Gasteiger partial charge in [-0.25, -0.2) is 22.5 Å². The van der Waals surface area contributed by atoms with E-state index in [1.54, 1.807) is 12.5 Å². The second-order valence-electron chi connectivity index (χ2n) is 4.39. The first-order chi connectivity index (χ1) is 9.58. The quantitative estimate of drug-likeness (QED) is 0.766. The number of aryl methyl sites for hydroxylation is 1. The number of benzene rings is 1. The first-order valence-electron chi connectivity index (χ1n) is 6.30. The predicted octanol–water partition coefficient (Wildman–Crippen LogP) is 1.85. The Hall–Kier alpha value is -1.73. The minimum atomic E-state index is -3.55. The third-order valence-corrected chi connectivity index (χ3v) is 4.32. The highest BCUT2D eigenvalue weighted by atomic mass is 32.2. The van der Waals surface area contributed by atoms with Crippen LogP contribution >= 0.6 is 0 Å². The molecule has 2 aromatic rings. The highest BCUT2D eigenvalue weighted by molar-refractivity contribution is 7.89. The van der Waals surface area contributed by atoms with Crippen LogP contribution in [0.3, 0.4) is 0 Å². The SMILES string of the molecule is O=S(=O)(NCCCCc1cnc[nH]1)c1ccc(F)cc1. The van der Waals surface area contributed by atoms with E-state index in [2.05, 4.69) is 14.7 Å². The number of aromatic nitrogens is 2. The van der Waals surface area contributed by atoms with Crippen molar-refractivity contribution in [2.75, 3.05) is 6.54 Å². The minimum Gasteiger partial charge on any atom is -0.348 e. The third-order valence-electron chi connectivity index (χ3n) is 2.84. The van der Waals surface area contributed by atoms with Gasteiger partial charge in [-0.1, -0.05) is 0 Å². The summed E-state index contributed by atoms with van der Waals surface area (Å²) in [4.78, 5) is 6.98. The fourth-order valence-corrected chi connectivity index (χ4v) is 2.84. The van der Waals surface area contributed by atoms with Gasteiger partial charge in [0.15, 0.2) is 0 Å². The van der Waals surface area contributed by atoms with Crippen LogP contribution < -0.4 is 4.72 Å². The lowest BCUT2D eigenvalue weighted by Gasteiger charge is -2.06. The first-order valence-corrected chi connectivity index (χ1v) is 7.79. The molecule has 2 N–H and O–H groups in total.